The number of anilines is 4. The Bertz CT molecular complexity index is 5980. The Morgan fingerprint density at radius 2 is 0.986 bits per heavy atom. The minimum absolute atomic E-state index is 0.00750. The number of thiazole rings is 4. The number of pyridine rings is 6. The zero-order valence-electron chi connectivity index (χ0n) is 79.8. The molecule has 0 radical (unpaired) electrons. The average molecular weight is 2240 g/mol. The second-order valence-electron chi connectivity index (χ2n) is 31.3. The van der Waals surface area contributed by atoms with Crippen LogP contribution in [0.25, 0.3) is 14.5 Å². The van der Waals surface area contributed by atoms with Crippen molar-refractivity contribution in [3.05, 3.63) is 322 Å². The number of aromatic nitrogens is 10. The van der Waals surface area contributed by atoms with Gasteiger partial charge in [-0.2, -0.15) is 4.99 Å². The summed E-state index contributed by atoms with van der Waals surface area (Å²) in [5, 5.41) is 49.8. The number of benzene rings is 2. The third-order valence-corrected chi connectivity index (χ3v) is 24.5. The van der Waals surface area contributed by atoms with Crippen LogP contribution in [0.4, 0.5) is 65.7 Å². The molecule has 2 aliphatic heterocycles. The molecule has 47 heteroatoms. The topological polar surface area (TPSA) is 442 Å². The molecule has 10 aromatic heterocycles. The number of nitrogen functional groups attached to an aromatic ring is 1. The van der Waals surface area contributed by atoms with Crippen LogP contribution in [0.5, 0.6) is 0 Å². The van der Waals surface area contributed by atoms with Crippen molar-refractivity contribution < 1.29 is 62.5 Å². The van der Waals surface area contributed by atoms with Gasteiger partial charge in [0, 0.05) is 146 Å². The van der Waals surface area contributed by atoms with E-state index in [0.29, 0.717) is 47.6 Å². The van der Waals surface area contributed by atoms with Crippen LogP contribution in [-0.2, 0) is 103 Å². The number of primary amides is 1. The number of halogens is 5. The van der Waals surface area contributed by atoms with Crippen molar-refractivity contribution in [1.29, 1.82) is 0 Å². The van der Waals surface area contributed by atoms with Gasteiger partial charge in [0.2, 0.25) is 5.91 Å². The predicted molar refractivity (Wildman–Crippen MR) is 572 cm³/mol. The molecular formula is C96H108BrCl2F2N23O11S7Zn. The van der Waals surface area contributed by atoms with Gasteiger partial charge in [0.15, 0.2) is 22.8 Å². The summed E-state index contributed by atoms with van der Waals surface area (Å²) in [6.07, 6.45) is 34.0. The normalized spacial score (nSPS) is 11.7. The first-order valence-electron chi connectivity index (χ1n) is 44.2. The van der Waals surface area contributed by atoms with Gasteiger partial charge in [-0.15, -0.1) is 45.3 Å². The van der Waals surface area contributed by atoms with E-state index in [1.54, 1.807) is 121 Å². The van der Waals surface area contributed by atoms with Crippen molar-refractivity contribution in [2.24, 2.45) is 16.5 Å². The summed E-state index contributed by atoms with van der Waals surface area (Å²) in [5.41, 5.74) is 23.2. The number of ether oxygens (including phenoxy) is 3. The van der Waals surface area contributed by atoms with Crippen molar-refractivity contribution in [3.63, 3.8) is 0 Å². The molecule has 0 bridgehead atoms. The minimum atomic E-state index is -1.02. The molecule has 0 atom stereocenters. The maximum absolute atomic E-state index is 15.1. The number of amides is 2. The number of methoxy groups -OCH3 is 2. The predicted octanol–water partition coefficient (Wildman–Crippen LogP) is 23.3. The quantitative estimate of drug-likeness (QED) is 0.00419. The molecular weight excluding hydrogens is 2130 g/mol. The molecule has 143 heavy (non-hydrogen) atoms. The Hall–Kier alpha value is -11.9. The zero-order valence-corrected chi connectivity index (χ0v) is 91.6. The summed E-state index contributed by atoms with van der Waals surface area (Å²) in [6, 6.07) is 26.8. The molecule has 12 heterocycles. The van der Waals surface area contributed by atoms with Crippen molar-refractivity contribution >= 4 is 201 Å². The molecule has 2 fully saturated rings. The SMILES string of the molecule is C1CCOC1.COC(CBr)OC.NC(=O)CCCc1ccc([N+](=O)[O-])cn1.NC(=S)CCCc1ccc([N+](=O)[O-])cn1.Nc1ccc(CCCc2nccs2)nc1.O=[N+]([O-])c1ccc(CCCc2nccs2)nc1.[C-]#[N+]C(C)(C)Nc1ccc(CCCc2nccs2)nc1.[C-]#[N+]c1ccc(N2C(=O)C(C)(C)N(c3ccc(CCCc4nccs4)nc3)C2=S)c(F)c1C.[C-]#[N+]c1ccc(N=C=S)c(F)c1C.[Cl][Zn][Cl]. The average Bonchev–Trinajstić information content (AvgIpc) is 1.58. The fourth-order valence-corrected chi connectivity index (χ4v) is 16.4. The van der Waals surface area contributed by atoms with E-state index < -0.39 is 52.8 Å². The van der Waals surface area contributed by atoms with Gasteiger partial charge in [0.05, 0.1) is 105 Å². The number of aliphatic imine (C=N–C) groups is 1. The van der Waals surface area contributed by atoms with Crippen LogP contribution in [0.15, 0.2) is 186 Å². The standard InChI is InChI=1S/C24H22FN5OS2.C15H18N4S.C11H11N3O2S.C11H13N3S.C9H5FN2S.C9H11N3O3.C9H11N3O2S.C4H9BrO2.C4H8O.2ClH.Zn/c1-15-18(26-4)10-11-19(21(15)25)29-22(31)24(2,3)30(23(29)32)17-9-8-16(28-14-17)6-5-7-20-27-12-13-33-20;1-15(2,16-3)19-13-8-7-12(18-11-13)5-4-6-14-17-9-10-20-14;15-14(16)10-5-4-9(13-8-10)2-1-3-11-12-6-7-17-11;12-9-4-5-10(14-8-9)2-1-3-11-13-6-7-15-11;1-6-7(11-2)3-4-8(9(6)10)12-5-13;10-9(13)3-1-2-7-4-5-8(6-11-7)12(14)15;10-9(15)3-1-2-7-4-5-8(6-11-7)12(13)14;1-6-4(3-5)7-2;1-2-4-5-3-1;;;/h8-14H,5-7H2,1-3H3;7-11,19H,4-6H2,1-2H3;4-8H,1-3H2;4-8H,1-3,12H2;3-4H,1H3;4-6H,1-3H2,(H2,10,13);4-6H,1-3H2,(H2,10,15);4H,3H2,1-2H3;1-4H2;2*1H;/q;;;;;;;;;;;+2/p-2. The first kappa shape index (κ1) is 122. The summed E-state index contributed by atoms with van der Waals surface area (Å²) in [7, 11) is 13.1. The van der Waals surface area contributed by atoms with Crippen LogP contribution >= 0.6 is 117 Å². The number of nitrogens with zero attached hydrogens (tertiary/aromatic N) is 19. The number of nitro groups is 3. The maximum atomic E-state index is 15.1. The van der Waals surface area contributed by atoms with Gasteiger partial charge in [-0.05, 0) is 252 Å². The fraction of sp³-hybridized carbons (Fsp3) is 0.354. The van der Waals surface area contributed by atoms with Crippen molar-refractivity contribution in [1.82, 2.24) is 49.8 Å². The van der Waals surface area contributed by atoms with E-state index in [-0.39, 0.29) is 62.9 Å². The van der Waals surface area contributed by atoms with Gasteiger partial charge in [-0.1, -0.05) is 40.3 Å². The van der Waals surface area contributed by atoms with Crippen LogP contribution < -0.4 is 32.3 Å². The Kier molecular flexibility index (Phi) is 57.4. The number of alkyl halides is 1. The number of nitrogens with two attached hydrogens (primary N) is 3. The van der Waals surface area contributed by atoms with Crippen molar-refractivity contribution in [3.8, 4) is 0 Å². The Labute approximate surface area is 885 Å². The molecule has 0 spiro atoms. The molecule has 12 aromatic rings. The van der Waals surface area contributed by atoms with E-state index in [1.807, 2.05) is 90.4 Å². The third kappa shape index (κ3) is 45.7. The molecule has 34 nitrogen and oxygen atoms in total. The molecule has 2 aliphatic rings. The number of carbonyl (C=O) groups excluding carboxylic acids is 2. The Balaban J connectivity index is 0.000000293. The van der Waals surface area contributed by atoms with E-state index in [9.17, 15) is 44.3 Å². The van der Waals surface area contributed by atoms with Gasteiger partial charge >= 0.3 is 34.5 Å². The van der Waals surface area contributed by atoms with Gasteiger partial charge in [0.1, 0.15) is 41.5 Å². The molecule has 0 aliphatic carbocycles. The van der Waals surface area contributed by atoms with E-state index in [2.05, 4.69) is 108 Å². The van der Waals surface area contributed by atoms with E-state index in [4.69, 9.17) is 94.9 Å². The first-order chi connectivity index (χ1) is 68.6. The fourth-order valence-electron chi connectivity index (χ4n) is 12.4. The molecule has 14 rings (SSSR count). The van der Waals surface area contributed by atoms with Gasteiger partial charge in [0.25, 0.3) is 28.6 Å². The number of hydrogen-bond acceptors (Lipinski definition) is 31. The third-order valence-electron chi connectivity index (χ3n) is 19.9. The van der Waals surface area contributed by atoms with Gasteiger partial charge in [-0.25, -0.2) is 45.0 Å². The van der Waals surface area contributed by atoms with Crippen LogP contribution in [0.2, 0.25) is 0 Å². The molecule has 2 saturated heterocycles. The zero-order chi connectivity index (χ0) is 105. The number of thiocarbonyl (C=S) groups is 3. The molecule has 2 amide bonds. The summed E-state index contributed by atoms with van der Waals surface area (Å²) in [6.45, 7) is 33.3. The Morgan fingerprint density at radius 3 is 1.29 bits per heavy atom. The number of aryl methyl sites for hydroxylation is 10. The molecule has 2 aromatic carbocycles. The first-order valence-corrected chi connectivity index (χ1v) is 57.8. The van der Waals surface area contributed by atoms with Crippen LogP contribution in [-0.4, -0.2) is 142 Å². The number of hydrogen-bond donors (Lipinski definition) is 4. The summed E-state index contributed by atoms with van der Waals surface area (Å²) in [4.78, 5) is 113. The van der Waals surface area contributed by atoms with Crippen LogP contribution in [0, 0.1) is 75.5 Å². The van der Waals surface area contributed by atoms with Gasteiger partial charge in [-0.3, -0.25) is 79.6 Å². The second kappa shape index (κ2) is 67.6. The van der Waals surface area contributed by atoms with Crippen molar-refractivity contribution in [2.45, 2.75) is 187 Å². The number of rotatable bonds is 35. The summed E-state index contributed by atoms with van der Waals surface area (Å²) < 4.78 is 42.9. The molecule has 0 saturated carbocycles. The van der Waals surface area contributed by atoms with Crippen LogP contribution in [0.1, 0.15) is 157 Å². The summed E-state index contributed by atoms with van der Waals surface area (Å²) in [5.74, 6) is -1.82. The van der Waals surface area contributed by atoms with Crippen LogP contribution in [0.3, 0.4) is 0 Å². The monoisotopic (exact) mass is 2230 g/mol. The van der Waals surface area contributed by atoms with E-state index >= 15 is 4.39 Å². The Morgan fingerprint density at radius 1 is 0.601 bits per heavy atom. The second-order valence-corrected chi connectivity index (χ2v) is 41.5. The molecule has 0 unspecified atom stereocenters. The summed E-state index contributed by atoms with van der Waals surface area (Å²) >= 11 is 23.7. The van der Waals surface area contributed by atoms with E-state index in [0.717, 1.165) is 164 Å². The van der Waals surface area contributed by atoms with E-state index in [1.165, 1.54) is 103 Å². The number of carbonyl (C=O) groups is 2. The molecule has 752 valence electrons. The number of nitrogens with one attached hydrogen (secondary N) is 1. The number of isothiocyanates is 1. The molecule has 7 N–H and O–H groups in total. The van der Waals surface area contributed by atoms with Crippen molar-refractivity contribution in [2.75, 3.05) is 53.6 Å². The van der Waals surface area contributed by atoms with Gasteiger partial charge < -0.3 is 41.6 Å².